The van der Waals surface area contributed by atoms with Gasteiger partial charge in [-0.15, -0.1) is 0 Å². The summed E-state index contributed by atoms with van der Waals surface area (Å²) in [5.41, 5.74) is 0. The molecule has 0 heterocycles. The van der Waals surface area contributed by atoms with Gasteiger partial charge < -0.3 is 13.7 Å². The van der Waals surface area contributed by atoms with Crippen LogP contribution in [0.5, 0.6) is 0 Å². The van der Waals surface area contributed by atoms with Gasteiger partial charge in [-0.3, -0.25) is 0 Å². The lowest BCUT2D eigenvalue weighted by atomic mass is 11.8. The molecule has 5 heteroatoms. The van der Waals surface area contributed by atoms with Gasteiger partial charge in [0.15, 0.2) is 0 Å². The molecule has 0 fully saturated rings. The lowest BCUT2D eigenvalue weighted by Crippen LogP contribution is -2.20. The molecule has 0 aliphatic heterocycles. The van der Waals surface area contributed by atoms with Crippen LogP contribution in [-0.2, 0) is 13.7 Å². The van der Waals surface area contributed by atoms with E-state index in [1.54, 1.807) is 0 Å². The molecule has 0 N–H and O–H groups in total. The zero-order valence-electron chi connectivity index (χ0n) is 3.96. The molecule has 0 aliphatic carbocycles. The Kier molecular flexibility index (Phi) is 3.76. The highest BCUT2D eigenvalue weighted by Crippen LogP contribution is 1.65. The molecule has 0 unspecified atom stereocenters. The number of carbonyl (C=O) groups is 2. The lowest BCUT2D eigenvalue weighted by molar-refractivity contribution is 0.548. The highest BCUT2D eigenvalue weighted by molar-refractivity contribution is 7.00. The first-order valence-corrected chi connectivity index (χ1v) is 4.40. The van der Waals surface area contributed by atoms with Crippen molar-refractivity contribution in [1.82, 2.24) is 0 Å². The average Bonchev–Trinajstić information content (AvgIpc) is 1.72. The van der Waals surface area contributed by atoms with E-state index >= 15 is 0 Å². The molecular formula is C2H6O3Si2. The first-order valence-electron chi connectivity index (χ1n) is 1.78. The van der Waals surface area contributed by atoms with Crippen molar-refractivity contribution in [2.75, 3.05) is 0 Å². The van der Waals surface area contributed by atoms with Crippen LogP contribution in [0.15, 0.2) is 0 Å². The Hall–Kier alpha value is -0.266. The molecule has 0 aromatic heterocycles. The van der Waals surface area contributed by atoms with Gasteiger partial charge in [0.25, 0.3) is 0 Å². The molecule has 0 amide bonds. The van der Waals surface area contributed by atoms with Crippen molar-refractivity contribution in [3.8, 4) is 0 Å². The highest BCUT2D eigenvalue weighted by atomic mass is 28.3. The van der Waals surface area contributed by atoms with E-state index in [9.17, 15) is 9.59 Å². The summed E-state index contributed by atoms with van der Waals surface area (Å²) >= 11 is 0. The quantitative estimate of drug-likeness (QED) is 0.318. The first-order chi connectivity index (χ1) is 3.35. The summed E-state index contributed by atoms with van der Waals surface area (Å²) in [6.45, 7) is 0. The molecule has 0 aromatic carbocycles. The van der Waals surface area contributed by atoms with Crippen molar-refractivity contribution in [3.05, 3.63) is 0 Å². The number of carbonyl (C=O) groups excluding carboxylic acids is 2. The third kappa shape index (κ3) is 2.43. The van der Waals surface area contributed by atoms with E-state index in [1.165, 1.54) is 0 Å². The summed E-state index contributed by atoms with van der Waals surface area (Å²) in [7, 11) is -1.48. The fraction of sp³-hybridized carbons (Fsp3) is 0. The summed E-state index contributed by atoms with van der Waals surface area (Å²) in [5.74, 6) is 1.22. The Morgan fingerprint density at radius 2 is 1.86 bits per heavy atom. The minimum Gasteiger partial charge on any atom is -0.456 e. The average molecular weight is 134 g/mol. The Bertz CT molecular complexity index is 65.3. The van der Waals surface area contributed by atoms with Crippen LogP contribution in [0.4, 0.5) is 0 Å². The maximum Gasteiger partial charge on any atom is 0.301 e. The molecule has 7 heavy (non-hydrogen) atoms. The molecule has 0 bridgehead atoms. The van der Waals surface area contributed by atoms with E-state index in [2.05, 4.69) is 4.12 Å². The number of hydrogen-bond acceptors (Lipinski definition) is 3. The second-order valence-corrected chi connectivity index (χ2v) is 4.33. The van der Waals surface area contributed by atoms with Crippen LogP contribution in [0, 0.1) is 0 Å². The maximum atomic E-state index is 9.69. The fourth-order valence-electron chi connectivity index (χ4n) is 0.143. The fourth-order valence-corrected chi connectivity index (χ4v) is 1.10. The summed E-state index contributed by atoms with van der Waals surface area (Å²) in [6.07, 6.45) is 0. The van der Waals surface area contributed by atoms with Gasteiger partial charge in [-0.05, 0) is 0 Å². The lowest BCUT2D eigenvalue weighted by Gasteiger charge is -1.90. The standard InChI is InChI=1S/C2H6O3Si2/c3-1-7(2-4)5-6/h1-2,7H,6H3. The zero-order valence-corrected chi connectivity index (χ0v) is 7.11. The Balaban J connectivity index is 3.36. The van der Waals surface area contributed by atoms with Crippen LogP contribution < -0.4 is 0 Å². The molecule has 0 aliphatic rings. The van der Waals surface area contributed by atoms with Crippen LogP contribution in [0.2, 0.25) is 0 Å². The van der Waals surface area contributed by atoms with Crippen molar-refractivity contribution < 1.29 is 13.7 Å². The summed E-state index contributed by atoms with van der Waals surface area (Å²) < 4.78 is 4.59. The predicted octanol–water partition coefficient (Wildman–Crippen LogP) is -2.45. The maximum absolute atomic E-state index is 9.69. The largest absolute Gasteiger partial charge is 0.456 e. The second kappa shape index (κ2) is 3.91. The van der Waals surface area contributed by atoms with E-state index in [-0.39, 0.29) is 0 Å². The molecule has 0 aromatic rings. The molecule has 40 valence electrons. The molecule has 0 radical (unpaired) electrons. The third-order valence-corrected chi connectivity index (χ3v) is 3.25. The first kappa shape index (κ1) is 6.73. The minimum absolute atomic E-state index is 0.491. The third-order valence-electron chi connectivity index (χ3n) is 0.540. The van der Waals surface area contributed by atoms with Crippen LogP contribution in [0.25, 0.3) is 0 Å². The second-order valence-electron chi connectivity index (χ2n) is 0.972. The topological polar surface area (TPSA) is 43.4 Å². The van der Waals surface area contributed by atoms with Crippen molar-refractivity contribution in [2.45, 2.75) is 0 Å². The van der Waals surface area contributed by atoms with Crippen molar-refractivity contribution in [1.29, 1.82) is 0 Å². The van der Waals surface area contributed by atoms with Crippen LogP contribution >= 0.6 is 0 Å². The van der Waals surface area contributed by atoms with Crippen molar-refractivity contribution >= 4 is 31.3 Å². The Morgan fingerprint density at radius 1 is 1.43 bits per heavy atom. The molecular weight excluding hydrogens is 128 g/mol. The Labute approximate surface area is 45.9 Å². The van der Waals surface area contributed by atoms with Crippen LogP contribution in [-0.4, -0.2) is 31.3 Å². The van der Waals surface area contributed by atoms with Gasteiger partial charge >= 0.3 is 9.04 Å². The van der Waals surface area contributed by atoms with E-state index < -0.39 is 9.04 Å². The van der Waals surface area contributed by atoms with E-state index in [1.807, 2.05) is 0 Å². The molecule has 0 saturated heterocycles. The predicted molar refractivity (Wildman–Crippen MR) is 31.7 cm³/mol. The van der Waals surface area contributed by atoms with Crippen molar-refractivity contribution in [3.63, 3.8) is 0 Å². The minimum atomic E-state index is -1.97. The van der Waals surface area contributed by atoms with Crippen LogP contribution in [0.3, 0.4) is 0 Å². The highest BCUT2D eigenvalue weighted by Gasteiger charge is 2.02. The SMILES string of the molecule is O=C[SiH](C=O)O[SiH3]. The van der Waals surface area contributed by atoms with Crippen LogP contribution in [0.1, 0.15) is 0 Å². The van der Waals surface area contributed by atoms with Gasteiger partial charge in [0.1, 0.15) is 22.3 Å². The molecule has 0 spiro atoms. The monoisotopic (exact) mass is 134 g/mol. The van der Waals surface area contributed by atoms with E-state index in [0.717, 1.165) is 0 Å². The van der Waals surface area contributed by atoms with E-state index in [0.29, 0.717) is 22.3 Å². The summed E-state index contributed by atoms with van der Waals surface area (Å²) in [6, 6.07) is 0. The number of hydrogen-bond donors (Lipinski definition) is 0. The summed E-state index contributed by atoms with van der Waals surface area (Å²) in [4.78, 5) is 19.4. The van der Waals surface area contributed by atoms with Gasteiger partial charge in [-0.2, -0.15) is 0 Å². The van der Waals surface area contributed by atoms with Gasteiger partial charge in [-0.25, -0.2) is 0 Å². The van der Waals surface area contributed by atoms with Gasteiger partial charge in [0.2, 0.25) is 0 Å². The normalized spacial score (nSPS) is 9.29. The van der Waals surface area contributed by atoms with Gasteiger partial charge in [-0.1, -0.05) is 0 Å². The number of rotatable bonds is 3. The van der Waals surface area contributed by atoms with Crippen molar-refractivity contribution in [2.24, 2.45) is 0 Å². The summed E-state index contributed by atoms with van der Waals surface area (Å²) in [5, 5.41) is 0. The van der Waals surface area contributed by atoms with Gasteiger partial charge in [0, 0.05) is 0 Å². The molecule has 3 nitrogen and oxygen atoms in total. The molecule has 0 atom stereocenters. The van der Waals surface area contributed by atoms with Gasteiger partial charge in [0.05, 0.1) is 0 Å². The Morgan fingerprint density at radius 3 is 1.86 bits per heavy atom. The smallest absolute Gasteiger partial charge is 0.301 e. The molecule has 0 saturated carbocycles. The zero-order chi connectivity index (χ0) is 5.70. The molecule has 0 rings (SSSR count). The van der Waals surface area contributed by atoms with E-state index in [4.69, 9.17) is 0 Å².